The summed E-state index contributed by atoms with van der Waals surface area (Å²) < 4.78 is 2.75. The summed E-state index contributed by atoms with van der Waals surface area (Å²) >= 11 is 13.8. The molecule has 1 aromatic heterocycles. The Morgan fingerprint density at radius 1 is 1.27 bits per heavy atom. The van der Waals surface area contributed by atoms with Gasteiger partial charge in [0, 0.05) is 36.9 Å². The molecule has 0 fully saturated rings. The van der Waals surface area contributed by atoms with Gasteiger partial charge >= 0.3 is 0 Å². The van der Waals surface area contributed by atoms with E-state index in [4.69, 9.17) is 23.2 Å². The van der Waals surface area contributed by atoms with Crippen molar-refractivity contribution >= 4 is 56.3 Å². The van der Waals surface area contributed by atoms with Crippen LogP contribution in [0.5, 0.6) is 0 Å². The van der Waals surface area contributed by atoms with Crippen LogP contribution < -0.4 is 9.70 Å². The van der Waals surface area contributed by atoms with E-state index >= 15 is 0 Å². The lowest BCUT2D eigenvalue weighted by molar-refractivity contribution is 0.0998. The fourth-order valence-electron chi connectivity index (χ4n) is 2.57. The molecule has 2 aromatic carbocycles. The summed E-state index contributed by atoms with van der Waals surface area (Å²) in [5, 5.41) is 1.07. The summed E-state index contributed by atoms with van der Waals surface area (Å²) in [4.78, 5) is 19.5. The van der Waals surface area contributed by atoms with Gasteiger partial charge in [-0.15, -0.1) is 6.58 Å². The SMILES string of the molecule is C=CCn1c(=NC(=O)c2ccc(N(C)C)cc2)sc2cc(Cl)cc(Cl)c21. The van der Waals surface area contributed by atoms with Gasteiger partial charge in [0.05, 0.1) is 15.2 Å². The van der Waals surface area contributed by atoms with Gasteiger partial charge in [-0.1, -0.05) is 40.6 Å². The van der Waals surface area contributed by atoms with Crippen LogP contribution in [0.4, 0.5) is 5.69 Å². The van der Waals surface area contributed by atoms with E-state index in [9.17, 15) is 4.79 Å². The van der Waals surface area contributed by atoms with Crippen LogP contribution in [0.1, 0.15) is 10.4 Å². The molecule has 0 bridgehead atoms. The summed E-state index contributed by atoms with van der Waals surface area (Å²) in [5.41, 5.74) is 2.35. The first-order chi connectivity index (χ1) is 12.4. The second-order valence-electron chi connectivity index (χ2n) is 5.88. The Balaban J connectivity index is 2.11. The number of hydrogen-bond donors (Lipinski definition) is 0. The number of halogens is 2. The molecule has 0 N–H and O–H groups in total. The minimum Gasteiger partial charge on any atom is -0.378 e. The second kappa shape index (κ2) is 7.66. The topological polar surface area (TPSA) is 37.6 Å². The quantitative estimate of drug-likeness (QED) is 0.572. The number of rotatable bonds is 4. The molecule has 4 nitrogen and oxygen atoms in total. The van der Waals surface area contributed by atoms with Crippen LogP contribution in [-0.4, -0.2) is 24.6 Å². The highest BCUT2D eigenvalue weighted by atomic mass is 35.5. The van der Waals surface area contributed by atoms with Gasteiger partial charge in [-0.2, -0.15) is 4.99 Å². The van der Waals surface area contributed by atoms with E-state index in [1.54, 1.807) is 24.3 Å². The van der Waals surface area contributed by atoms with E-state index in [-0.39, 0.29) is 5.91 Å². The van der Waals surface area contributed by atoms with Crippen molar-refractivity contribution in [2.24, 2.45) is 4.99 Å². The number of fused-ring (bicyclic) bond motifs is 1. The van der Waals surface area contributed by atoms with Crippen molar-refractivity contribution in [1.82, 2.24) is 4.57 Å². The lowest BCUT2D eigenvalue weighted by atomic mass is 10.2. The molecule has 7 heteroatoms. The second-order valence-corrected chi connectivity index (χ2v) is 7.73. The van der Waals surface area contributed by atoms with Crippen LogP contribution in [-0.2, 0) is 6.54 Å². The molecule has 134 valence electrons. The van der Waals surface area contributed by atoms with E-state index < -0.39 is 0 Å². The first kappa shape index (κ1) is 18.7. The fraction of sp³-hybridized carbons (Fsp3) is 0.158. The van der Waals surface area contributed by atoms with Crippen molar-refractivity contribution in [1.29, 1.82) is 0 Å². The summed E-state index contributed by atoms with van der Waals surface area (Å²) in [6, 6.07) is 10.8. The minimum atomic E-state index is -0.304. The minimum absolute atomic E-state index is 0.304. The third kappa shape index (κ3) is 3.70. The van der Waals surface area contributed by atoms with Crippen molar-refractivity contribution < 1.29 is 4.79 Å². The number of benzene rings is 2. The number of amides is 1. The van der Waals surface area contributed by atoms with E-state index in [1.165, 1.54) is 11.3 Å². The number of aromatic nitrogens is 1. The third-order valence-corrected chi connectivity index (χ3v) is 5.37. The van der Waals surface area contributed by atoms with Gasteiger partial charge in [-0.25, -0.2) is 0 Å². The van der Waals surface area contributed by atoms with Gasteiger partial charge in [0.15, 0.2) is 4.80 Å². The van der Waals surface area contributed by atoms with Gasteiger partial charge in [-0.3, -0.25) is 4.79 Å². The fourth-order valence-corrected chi connectivity index (χ4v) is 4.39. The molecule has 0 saturated heterocycles. The highest BCUT2D eigenvalue weighted by molar-refractivity contribution is 7.16. The summed E-state index contributed by atoms with van der Waals surface area (Å²) in [5.74, 6) is -0.304. The average Bonchev–Trinajstić information content (AvgIpc) is 2.92. The molecule has 1 amide bonds. The Bertz CT molecular complexity index is 1050. The zero-order valence-electron chi connectivity index (χ0n) is 14.4. The Morgan fingerprint density at radius 3 is 2.58 bits per heavy atom. The number of hydrogen-bond acceptors (Lipinski definition) is 3. The predicted octanol–water partition coefficient (Wildman–Crippen LogP) is 5.00. The van der Waals surface area contributed by atoms with Gasteiger partial charge < -0.3 is 9.47 Å². The maximum absolute atomic E-state index is 12.6. The van der Waals surface area contributed by atoms with Gasteiger partial charge in [-0.05, 0) is 36.4 Å². The van der Waals surface area contributed by atoms with Crippen LogP contribution in [0.3, 0.4) is 0 Å². The molecule has 0 spiro atoms. The van der Waals surface area contributed by atoms with Gasteiger partial charge in [0.25, 0.3) is 5.91 Å². The van der Waals surface area contributed by atoms with Crippen LogP contribution in [0.25, 0.3) is 10.2 Å². The molecule has 3 aromatic rings. The largest absolute Gasteiger partial charge is 0.378 e. The normalized spacial score (nSPS) is 11.8. The Morgan fingerprint density at radius 2 is 1.96 bits per heavy atom. The summed E-state index contributed by atoms with van der Waals surface area (Å²) in [6.45, 7) is 4.27. The van der Waals surface area contributed by atoms with E-state index in [0.29, 0.717) is 27.0 Å². The number of nitrogens with zero attached hydrogens (tertiary/aromatic N) is 3. The predicted molar refractivity (Wildman–Crippen MR) is 111 cm³/mol. The van der Waals surface area contributed by atoms with Gasteiger partial charge in [0.1, 0.15) is 0 Å². The molecule has 0 unspecified atom stereocenters. The highest BCUT2D eigenvalue weighted by Gasteiger charge is 2.12. The Kier molecular flexibility index (Phi) is 5.51. The lowest BCUT2D eigenvalue weighted by Crippen LogP contribution is -2.16. The number of anilines is 1. The standard InChI is InChI=1S/C19H17Cl2N3OS/c1-4-9-24-17-15(21)10-13(20)11-16(17)26-19(24)22-18(25)12-5-7-14(8-6-12)23(2)3/h4-8,10-11H,1,9H2,2-3H3. The van der Waals surface area contributed by atoms with Crippen molar-refractivity contribution in [2.75, 3.05) is 19.0 Å². The smallest absolute Gasteiger partial charge is 0.279 e. The lowest BCUT2D eigenvalue weighted by Gasteiger charge is -2.11. The monoisotopic (exact) mass is 405 g/mol. The number of carbonyl (C=O) groups is 1. The molecule has 0 atom stereocenters. The van der Waals surface area contributed by atoms with Crippen LogP contribution >= 0.6 is 34.5 Å². The number of allylic oxidation sites excluding steroid dienone is 1. The summed E-state index contributed by atoms with van der Waals surface area (Å²) in [7, 11) is 3.90. The number of carbonyl (C=O) groups excluding carboxylic acids is 1. The Hall–Kier alpha value is -2.08. The molecule has 0 saturated carbocycles. The van der Waals surface area contributed by atoms with Crippen molar-refractivity contribution in [3.63, 3.8) is 0 Å². The molecule has 3 rings (SSSR count). The highest BCUT2D eigenvalue weighted by Crippen LogP contribution is 2.29. The first-order valence-corrected chi connectivity index (χ1v) is 9.43. The molecule has 0 aliphatic carbocycles. The first-order valence-electron chi connectivity index (χ1n) is 7.86. The number of thiazole rings is 1. The third-order valence-electron chi connectivity index (χ3n) is 3.83. The van der Waals surface area contributed by atoms with Gasteiger partial charge in [0.2, 0.25) is 0 Å². The van der Waals surface area contributed by atoms with Crippen LogP contribution in [0.2, 0.25) is 10.0 Å². The molecule has 0 aliphatic rings. The van der Waals surface area contributed by atoms with E-state index in [0.717, 1.165) is 15.9 Å². The van der Waals surface area contributed by atoms with E-state index in [2.05, 4.69) is 11.6 Å². The summed E-state index contributed by atoms with van der Waals surface area (Å²) in [6.07, 6.45) is 1.74. The van der Waals surface area contributed by atoms with Crippen LogP contribution in [0.15, 0.2) is 54.0 Å². The molecule has 1 heterocycles. The Labute approximate surface area is 165 Å². The zero-order valence-corrected chi connectivity index (χ0v) is 16.7. The van der Waals surface area contributed by atoms with E-state index in [1.807, 2.05) is 41.8 Å². The van der Waals surface area contributed by atoms with Crippen molar-refractivity contribution in [2.45, 2.75) is 6.54 Å². The molecule has 26 heavy (non-hydrogen) atoms. The molecular formula is C19H17Cl2N3OS. The molecule has 0 aliphatic heterocycles. The van der Waals surface area contributed by atoms with Crippen LogP contribution in [0, 0.1) is 0 Å². The average molecular weight is 406 g/mol. The van der Waals surface area contributed by atoms with Crippen molar-refractivity contribution in [3.05, 3.63) is 69.5 Å². The maximum Gasteiger partial charge on any atom is 0.279 e. The zero-order chi connectivity index (χ0) is 18.8. The molecular weight excluding hydrogens is 389 g/mol. The maximum atomic E-state index is 12.6. The van der Waals surface area contributed by atoms with Crippen molar-refractivity contribution in [3.8, 4) is 0 Å². The molecule has 0 radical (unpaired) electrons.